The number of halogens is 1. The van der Waals surface area contributed by atoms with E-state index in [-0.39, 0.29) is 18.1 Å². The van der Waals surface area contributed by atoms with Gasteiger partial charge in [0, 0.05) is 4.47 Å². The van der Waals surface area contributed by atoms with Crippen LogP contribution in [0.3, 0.4) is 0 Å². The number of carbonyl (C=O) groups is 1. The Balaban J connectivity index is 2.68. The summed E-state index contributed by atoms with van der Waals surface area (Å²) < 4.78 is 6.15. The summed E-state index contributed by atoms with van der Waals surface area (Å²) in [5, 5.41) is 11.6. The van der Waals surface area contributed by atoms with Gasteiger partial charge >= 0.3 is 0 Å². The van der Waals surface area contributed by atoms with Crippen LogP contribution in [0.2, 0.25) is 0 Å². The molecule has 96 valence electrons. The predicted molar refractivity (Wildman–Crippen MR) is 73.2 cm³/mol. The quantitative estimate of drug-likeness (QED) is 0.933. The van der Waals surface area contributed by atoms with E-state index in [1.807, 2.05) is 26.8 Å². The molecule has 1 aromatic carbocycles. The Bertz CT molecular complexity index is 487. The van der Waals surface area contributed by atoms with E-state index in [1.54, 1.807) is 18.2 Å². The van der Waals surface area contributed by atoms with Crippen LogP contribution in [-0.2, 0) is 9.53 Å². The minimum atomic E-state index is -0.366. The van der Waals surface area contributed by atoms with Crippen molar-refractivity contribution in [1.29, 1.82) is 5.26 Å². The van der Waals surface area contributed by atoms with Crippen molar-refractivity contribution >= 4 is 27.5 Å². The second-order valence-electron chi connectivity index (χ2n) is 4.75. The fraction of sp³-hybridized carbons (Fsp3) is 0.385. The standard InChI is InChI=1S/C13H15BrN2O2/c1-13(2,3)18-8-12(17)16-11-5-4-10(14)6-9(11)7-15/h4-6H,8H2,1-3H3,(H,16,17). The van der Waals surface area contributed by atoms with Crippen molar-refractivity contribution in [3.05, 3.63) is 28.2 Å². The molecule has 0 aliphatic heterocycles. The SMILES string of the molecule is CC(C)(C)OCC(=O)Nc1ccc(Br)cc1C#N. The molecule has 0 unspecified atom stereocenters. The Hall–Kier alpha value is -1.38. The largest absolute Gasteiger partial charge is 0.366 e. The molecule has 0 atom stereocenters. The van der Waals surface area contributed by atoms with Gasteiger partial charge in [-0.2, -0.15) is 5.26 Å². The zero-order chi connectivity index (χ0) is 13.8. The minimum Gasteiger partial charge on any atom is -0.366 e. The number of nitriles is 1. The maximum absolute atomic E-state index is 11.7. The number of ether oxygens (including phenoxy) is 1. The molecule has 1 aromatic rings. The highest BCUT2D eigenvalue weighted by Crippen LogP contribution is 2.20. The van der Waals surface area contributed by atoms with Crippen molar-refractivity contribution in [1.82, 2.24) is 0 Å². The van der Waals surface area contributed by atoms with Gasteiger partial charge in [0.1, 0.15) is 12.7 Å². The lowest BCUT2D eigenvalue weighted by molar-refractivity contribution is -0.125. The van der Waals surface area contributed by atoms with Gasteiger partial charge in [-0.05, 0) is 39.0 Å². The van der Waals surface area contributed by atoms with Gasteiger partial charge in [0.2, 0.25) is 5.91 Å². The smallest absolute Gasteiger partial charge is 0.250 e. The molecular weight excluding hydrogens is 296 g/mol. The van der Waals surface area contributed by atoms with Gasteiger partial charge in [0.25, 0.3) is 0 Å². The van der Waals surface area contributed by atoms with Crippen LogP contribution in [0.4, 0.5) is 5.69 Å². The molecule has 0 aliphatic rings. The first-order chi connectivity index (χ1) is 8.31. The van der Waals surface area contributed by atoms with Crippen molar-refractivity contribution < 1.29 is 9.53 Å². The highest BCUT2D eigenvalue weighted by atomic mass is 79.9. The summed E-state index contributed by atoms with van der Waals surface area (Å²) in [6, 6.07) is 7.12. The number of rotatable bonds is 3. The number of benzene rings is 1. The molecule has 0 aromatic heterocycles. The lowest BCUT2D eigenvalue weighted by Gasteiger charge is -2.19. The number of anilines is 1. The number of nitrogens with one attached hydrogen (secondary N) is 1. The Morgan fingerprint density at radius 2 is 2.17 bits per heavy atom. The Morgan fingerprint density at radius 3 is 2.72 bits per heavy atom. The monoisotopic (exact) mass is 310 g/mol. The summed E-state index contributed by atoms with van der Waals surface area (Å²) in [6.07, 6.45) is 0. The second kappa shape index (κ2) is 5.98. The summed E-state index contributed by atoms with van der Waals surface area (Å²) in [6.45, 7) is 5.59. The van der Waals surface area contributed by atoms with E-state index in [2.05, 4.69) is 21.2 Å². The van der Waals surface area contributed by atoms with E-state index >= 15 is 0 Å². The lowest BCUT2D eigenvalue weighted by Crippen LogP contribution is -2.27. The summed E-state index contributed by atoms with van der Waals surface area (Å²) >= 11 is 3.27. The Labute approximate surface area is 115 Å². The van der Waals surface area contributed by atoms with Gasteiger partial charge in [0.05, 0.1) is 16.9 Å². The van der Waals surface area contributed by atoms with Gasteiger partial charge < -0.3 is 10.1 Å². The highest BCUT2D eigenvalue weighted by molar-refractivity contribution is 9.10. The molecule has 5 heteroatoms. The highest BCUT2D eigenvalue weighted by Gasteiger charge is 2.14. The molecule has 1 N–H and O–H groups in total. The van der Waals surface area contributed by atoms with Crippen molar-refractivity contribution in [2.75, 3.05) is 11.9 Å². The third-order valence-electron chi connectivity index (χ3n) is 2.01. The summed E-state index contributed by atoms with van der Waals surface area (Å²) in [4.78, 5) is 11.7. The van der Waals surface area contributed by atoms with E-state index in [0.717, 1.165) is 4.47 Å². The molecule has 1 rings (SSSR count). The third kappa shape index (κ3) is 4.86. The average Bonchev–Trinajstić information content (AvgIpc) is 2.28. The molecule has 0 saturated heterocycles. The summed E-state index contributed by atoms with van der Waals surface area (Å²) in [5.41, 5.74) is 0.534. The minimum absolute atomic E-state index is 0.0373. The van der Waals surface area contributed by atoms with Crippen LogP contribution in [0.25, 0.3) is 0 Å². The Kier molecular flexibility index (Phi) is 4.88. The molecule has 0 saturated carbocycles. The Morgan fingerprint density at radius 1 is 1.50 bits per heavy atom. The van der Waals surface area contributed by atoms with E-state index in [1.165, 1.54) is 0 Å². The fourth-order valence-corrected chi connectivity index (χ4v) is 1.55. The number of hydrogen-bond donors (Lipinski definition) is 1. The van der Waals surface area contributed by atoms with E-state index in [4.69, 9.17) is 10.00 Å². The predicted octanol–water partition coefficient (Wildman–Crippen LogP) is 3.07. The fourth-order valence-electron chi connectivity index (χ4n) is 1.19. The molecular formula is C13H15BrN2O2. The van der Waals surface area contributed by atoms with Gasteiger partial charge in [-0.3, -0.25) is 4.79 Å². The molecule has 0 spiro atoms. The van der Waals surface area contributed by atoms with Crippen molar-refractivity contribution in [3.63, 3.8) is 0 Å². The van der Waals surface area contributed by atoms with Crippen molar-refractivity contribution in [2.24, 2.45) is 0 Å². The molecule has 0 aliphatic carbocycles. The molecule has 0 radical (unpaired) electrons. The maximum atomic E-state index is 11.7. The lowest BCUT2D eigenvalue weighted by atomic mass is 10.2. The maximum Gasteiger partial charge on any atom is 0.250 e. The van der Waals surface area contributed by atoms with Crippen LogP contribution in [0.15, 0.2) is 22.7 Å². The van der Waals surface area contributed by atoms with Gasteiger partial charge in [0.15, 0.2) is 0 Å². The molecule has 1 amide bonds. The van der Waals surface area contributed by atoms with Crippen LogP contribution in [0, 0.1) is 11.3 Å². The topological polar surface area (TPSA) is 62.1 Å². The zero-order valence-corrected chi connectivity index (χ0v) is 12.2. The van der Waals surface area contributed by atoms with Crippen LogP contribution in [-0.4, -0.2) is 18.1 Å². The van der Waals surface area contributed by atoms with E-state index in [9.17, 15) is 4.79 Å². The van der Waals surface area contributed by atoms with Crippen molar-refractivity contribution in [3.8, 4) is 6.07 Å². The van der Waals surface area contributed by atoms with Gasteiger partial charge in [-0.1, -0.05) is 15.9 Å². The molecule has 18 heavy (non-hydrogen) atoms. The average molecular weight is 311 g/mol. The van der Waals surface area contributed by atoms with Crippen LogP contribution >= 0.6 is 15.9 Å². The van der Waals surface area contributed by atoms with E-state index < -0.39 is 0 Å². The van der Waals surface area contributed by atoms with Crippen molar-refractivity contribution in [2.45, 2.75) is 26.4 Å². The summed E-state index contributed by atoms with van der Waals surface area (Å²) in [7, 11) is 0. The summed E-state index contributed by atoms with van der Waals surface area (Å²) in [5.74, 6) is -0.274. The number of nitrogens with zero attached hydrogens (tertiary/aromatic N) is 1. The zero-order valence-electron chi connectivity index (χ0n) is 10.6. The number of carbonyl (C=O) groups excluding carboxylic acids is 1. The first-order valence-corrected chi connectivity index (χ1v) is 6.24. The molecule has 0 heterocycles. The normalized spacial score (nSPS) is 10.8. The first kappa shape index (κ1) is 14.7. The molecule has 0 fully saturated rings. The van der Waals surface area contributed by atoms with E-state index in [0.29, 0.717) is 11.3 Å². The van der Waals surface area contributed by atoms with Gasteiger partial charge in [-0.25, -0.2) is 0 Å². The third-order valence-corrected chi connectivity index (χ3v) is 2.51. The van der Waals surface area contributed by atoms with Crippen LogP contribution < -0.4 is 5.32 Å². The van der Waals surface area contributed by atoms with Crippen LogP contribution in [0.1, 0.15) is 26.3 Å². The number of hydrogen-bond acceptors (Lipinski definition) is 3. The van der Waals surface area contributed by atoms with Gasteiger partial charge in [-0.15, -0.1) is 0 Å². The van der Waals surface area contributed by atoms with Crippen LogP contribution in [0.5, 0.6) is 0 Å². The number of amides is 1. The molecule has 0 bridgehead atoms. The molecule has 4 nitrogen and oxygen atoms in total. The first-order valence-electron chi connectivity index (χ1n) is 5.45. The second-order valence-corrected chi connectivity index (χ2v) is 5.67.